The molecule has 2 atom stereocenters. The van der Waals surface area contributed by atoms with E-state index in [1.807, 2.05) is 7.05 Å². The smallest absolute Gasteiger partial charge is 0.224 e. The van der Waals surface area contributed by atoms with Crippen molar-refractivity contribution in [1.82, 2.24) is 15.5 Å². The van der Waals surface area contributed by atoms with Gasteiger partial charge in [0, 0.05) is 50.4 Å². The van der Waals surface area contributed by atoms with Crippen LogP contribution in [0.3, 0.4) is 0 Å². The van der Waals surface area contributed by atoms with E-state index in [9.17, 15) is 19.2 Å². The summed E-state index contributed by atoms with van der Waals surface area (Å²) in [5.41, 5.74) is 5.14. The largest absolute Gasteiger partial charge is 0.370 e. The summed E-state index contributed by atoms with van der Waals surface area (Å²) in [5.74, 6) is -0.950. The standard InChI is InChI=1S/C19H32N4O4/c1-12(10-16(20)24)19(27)22-13-6-8-15(9-7-13)23(2)18(26)11-14-4-3-5-17(25)21-14/h12-15H,3-11H2,1-2H3,(H2,20,24)(H,21,25)(H,22,27). The number of hydrogen-bond donors (Lipinski definition) is 3. The maximum absolute atomic E-state index is 12.5. The van der Waals surface area contributed by atoms with Gasteiger partial charge in [-0.25, -0.2) is 0 Å². The highest BCUT2D eigenvalue weighted by molar-refractivity contribution is 5.85. The van der Waals surface area contributed by atoms with Crippen molar-refractivity contribution in [2.45, 2.75) is 82.8 Å². The van der Waals surface area contributed by atoms with Crippen molar-refractivity contribution in [3.63, 3.8) is 0 Å². The van der Waals surface area contributed by atoms with E-state index in [0.717, 1.165) is 38.5 Å². The molecule has 4 amide bonds. The lowest BCUT2D eigenvalue weighted by Crippen LogP contribution is -2.47. The van der Waals surface area contributed by atoms with Crippen LogP contribution >= 0.6 is 0 Å². The highest BCUT2D eigenvalue weighted by Crippen LogP contribution is 2.24. The minimum absolute atomic E-state index is 0.0310. The third-order valence-corrected chi connectivity index (χ3v) is 5.68. The van der Waals surface area contributed by atoms with Crippen LogP contribution in [0.15, 0.2) is 0 Å². The second-order valence-corrected chi connectivity index (χ2v) is 7.95. The lowest BCUT2D eigenvalue weighted by atomic mass is 9.89. The van der Waals surface area contributed by atoms with E-state index >= 15 is 0 Å². The molecular weight excluding hydrogens is 348 g/mol. The van der Waals surface area contributed by atoms with Crippen LogP contribution in [0.4, 0.5) is 0 Å². The Labute approximate surface area is 160 Å². The molecule has 1 aliphatic heterocycles. The molecule has 4 N–H and O–H groups in total. The lowest BCUT2D eigenvalue weighted by molar-refractivity contribution is -0.134. The molecule has 1 saturated heterocycles. The van der Waals surface area contributed by atoms with Crippen molar-refractivity contribution in [1.29, 1.82) is 0 Å². The summed E-state index contributed by atoms with van der Waals surface area (Å²) in [6.07, 6.45) is 5.91. The van der Waals surface area contributed by atoms with Crippen LogP contribution in [-0.2, 0) is 19.2 Å². The average Bonchev–Trinajstić information content (AvgIpc) is 2.61. The van der Waals surface area contributed by atoms with Gasteiger partial charge in [0.25, 0.3) is 0 Å². The van der Waals surface area contributed by atoms with Crippen LogP contribution in [0.1, 0.15) is 64.7 Å². The lowest BCUT2D eigenvalue weighted by Gasteiger charge is -2.36. The fourth-order valence-corrected chi connectivity index (χ4v) is 3.94. The van der Waals surface area contributed by atoms with E-state index in [1.165, 1.54) is 0 Å². The molecule has 0 bridgehead atoms. The number of nitrogens with two attached hydrogens (primary N) is 1. The number of carbonyl (C=O) groups excluding carboxylic acids is 4. The van der Waals surface area contributed by atoms with Gasteiger partial charge in [-0.15, -0.1) is 0 Å². The first-order chi connectivity index (χ1) is 12.8. The van der Waals surface area contributed by atoms with E-state index in [4.69, 9.17) is 5.73 Å². The van der Waals surface area contributed by atoms with Crippen molar-refractivity contribution in [3.8, 4) is 0 Å². The molecule has 1 saturated carbocycles. The summed E-state index contributed by atoms with van der Waals surface area (Å²) < 4.78 is 0. The van der Waals surface area contributed by atoms with Crippen molar-refractivity contribution in [3.05, 3.63) is 0 Å². The van der Waals surface area contributed by atoms with Gasteiger partial charge in [-0.1, -0.05) is 6.92 Å². The number of amides is 4. The number of carbonyl (C=O) groups is 4. The van der Waals surface area contributed by atoms with E-state index in [2.05, 4.69) is 10.6 Å². The van der Waals surface area contributed by atoms with E-state index in [0.29, 0.717) is 12.8 Å². The van der Waals surface area contributed by atoms with Crippen LogP contribution in [0.5, 0.6) is 0 Å². The monoisotopic (exact) mass is 380 g/mol. The topological polar surface area (TPSA) is 122 Å². The highest BCUT2D eigenvalue weighted by Gasteiger charge is 2.30. The first-order valence-electron chi connectivity index (χ1n) is 9.90. The quantitative estimate of drug-likeness (QED) is 0.593. The summed E-state index contributed by atoms with van der Waals surface area (Å²) in [7, 11) is 1.82. The SMILES string of the molecule is CC(CC(N)=O)C(=O)NC1CCC(N(C)C(=O)CC2CCCC(=O)N2)CC1. The van der Waals surface area contributed by atoms with Gasteiger partial charge >= 0.3 is 0 Å². The minimum Gasteiger partial charge on any atom is -0.370 e. The molecule has 0 aromatic heterocycles. The van der Waals surface area contributed by atoms with Crippen molar-refractivity contribution >= 4 is 23.6 Å². The van der Waals surface area contributed by atoms with Crippen LogP contribution in [0.2, 0.25) is 0 Å². The zero-order valence-corrected chi connectivity index (χ0v) is 16.3. The average molecular weight is 380 g/mol. The van der Waals surface area contributed by atoms with E-state index in [-0.39, 0.29) is 42.3 Å². The van der Waals surface area contributed by atoms with Crippen LogP contribution < -0.4 is 16.4 Å². The van der Waals surface area contributed by atoms with Crippen molar-refractivity contribution < 1.29 is 19.2 Å². The van der Waals surface area contributed by atoms with Gasteiger partial charge in [0.1, 0.15) is 0 Å². The van der Waals surface area contributed by atoms with Gasteiger partial charge in [-0.3, -0.25) is 19.2 Å². The van der Waals surface area contributed by atoms with Crippen molar-refractivity contribution in [2.24, 2.45) is 11.7 Å². The second-order valence-electron chi connectivity index (χ2n) is 7.95. The fraction of sp³-hybridized carbons (Fsp3) is 0.789. The Morgan fingerprint density at radius 1 is 1.22 bits per heavy atom. The molecule has 0 aromatic carbocycles. The maximum atomic E-state index is 12.5. The molecule has 2 aliphatic rings. The van der Waals surface area contributed by atoms with Gasteiger partial charge in [0.2, 0.25) is 23.6 Å². The van der Waals surface area contributed by atoms with Gasteiger partial charge in [-0.05, 0) is 38.5 Å². The molecule has 152 valence electrons. The first-order valence-corrected chi connectivity index (χ1v) is 9.90. The van der Waals surface area contributed by atoms with Gasteiger partial charge < -0.3 is 21.3 Å². The summed E-state index contributed by atoms with van der Waals surface area (Å²) in [6.45, 7) is 1.70. The molecule has 1 aliphatic carbocycles. The molecule has 0 spiro atoms. The maximum Gasteiger partial charge on any atom is 0.224 e. The number of hydrogen-bond acceptors (Lipinski definition) is 4. The molecule has 8 nitrogen and oxygen atoms in total. The molecule has 2 unspecified atom stereocenters. The van der Waals surface area contributed by atoms with Crippen LogP contribution in [0, 0.1) is 5.92 Å². The number of nitrogens with one attached hydrogen (secondary N) is 2. The Hall–Kier alpha value is -2.12. The Morgan fingerprint density at radius 3 is 2.48 bits per heavy atom. The Balaban J connectivity index is 1.74. The summed E-state index contributed by atoms with van der Waals surface area (Å²) in [6, 6.07) is 0.182. The van der Waals surface area contributed by atoms with Gasteiger partial charge in [-0.2, -0.15) is 0 Å². The Morgan fingerprint density at radius 2 is 1.89 bits per heavy atom. The predicted octanol–water partition coefficient (Wildman–Crippen LogP) is 0.443. The third kappa shape index (κ3) is 6.52. The minimum atomic E-state index is -0.476. The number of rotatable bonds is 7. The normalized spacial score (nSPS) is 26.6. The first kappa shape index (κ1) is 21.2. The molecule has 2 rings (SSSR count). The molecule has 0 radical (unpaired) electrons. The molecule has 8 heteroatoms. The zero-order chi connectivity index (χ0) is 20.0. The Kier molecular flexibility index (Phi) is 7.62. The summed E-state index contributed by atoms with van der Waals surface area (Å²) >= 11 is 0. The van der Waals surface area contributed by atoms with Crippen LogP contribution in [-0.4, -0.2) is 53.7 Å². The van der Waals surface area contributed by atoms with Gasteiger partial charge in [0.05, 0.1) is 0 Å². The molecule has 2 fully saturated rings. The number of primary amides is 1. The van der Waals surface area contributed by atoms with Crippen molar-refractivity contribution in [2.75, 3.05) is 7.05 Å². The number of piperidine rings is 1. The molecular formula is C19H32N4O4. The highest BCUT2D eigenvalue weighted by atomic mass is 16.2. The molecule has 1 heterocycles. The predicted molar refractivity (Wildman–Crippen MR) is 100 cm³/mol. The Bertz CT molecular complexity index is 572. The molecule has 27 heavy (non-hydrogen) atoms. The second kappa shape index (κ2) is 9.71. The number of nitrogens with zero attached hydrogens (tertiary/aromatic N) is 1. The zero-order valence-electron chi connectivity index (χ0n) is 16.3. The summed E-state index contributed by atoms with van der Waals surface area (Å²) in [5, 5.41) is 5.88. The third-order valence-electron chi connectivity index (χ3n) is 5.68. The van der Waals surface area contributed by atoms with E-state index < -0.39 is 11.8 Å². The van der Waals surface area contributed by atoms with E-state index in [1.54, 1.807) is 11.8 Å². The fourth-order valence-electron chi connectivity index (χ4n) is 3.94. The molecule has 0 aromatic rings. The van der Waals surface area contributed by atoms with Crippen LogP contribution in [0.25, 0.3) is 0 Å². The van der Waals surface area contributed by atoms with Gasteiger partial charge in [0.15, 0.2) is 0 Å². The summed E-state index contributed by atoms with van der Waals surface area (Å²) in [4.78, 5) is 48.8.